The van der Waals surface area contributed by atoms with Gasteiger partial charge >= 0.3 is 0 Å². The maximum absolute atomic E-state index is 13.9. The standard InChI is InChI=1S/C27H37N3O6S/c1-6-23(27(32)28-19(3)4)29(17-21-11-9-8-10-20(21)5)26(31)18-30(37(33,34)7-2)22-12-13-24-25(16-22)36-15-14-35-24/h8-13,16,19,23H,6-7,14-15,17-18H2,1-5H3,(H,28,32)/t23-/m1/s1. The molecule has 2 aromatic rings. The molecule has 1 N–H and O–H groups in total. The smallest absolute Gasteiger partial charge is 0.244 e. The molecule has 37 heavy (non-hydrogen) atoms. The lowest BCUT2D eigenvalue weighted by Crippen LogP contribution is -2.53. The van der Waals surface area contributed by atoms with Crippen molar-refractivity contribution in [3.63, 3.8) is 0 Å². The van der Waals surface area contributed by atoms with Gasteiger partial charge in [-0.05, 0) is 57.4 Å². The van der Waals surface area contributed by atoms with E-state index in [9.17, 15) is 18.0 Å². The Bertz CT molecular complexity index is 1210. The summed E-state index contributed by atoms with van der Waals surface area (Å²) in [6.45, 7) is 9.51. The molecule has 3 rings (SSSR count). The topological polar surface area (TPSA) is 105 Å². The predicted octanol–water partition coefficient (Wildman–Crippen LogP) is 3.25. The highest BCUT2D eigenvalue weighted by Gasteiger charge is 2.33. The summed E-state index contributed by atoms with van der Waals surface area (Å²) in [7, 11) is -3.83. The fraction of sp³-hybridized carbons (Fsp3) is 0.481. The number of nitrogens with one attached hydrogen (secondary N) is 1. The van der Waals surface area contributed by atoms with Crippen molar-refractivity contribution in [2.24, 2.45) is 0 Å². The molecule has 0 spiro atoms. The number of hydrogen-bond acceptors (Lipinski definition) is 6. The van der Waals surface area contributed by atoms with Gasteiger partial charge in [0.1, 0.15) is 25.8 Å². The summed E-state index contributed by atoms with van der Waals surface area (Å²) >= 11 is 0. The second kappa shape index (κ2) is 12.3. The van der Waals surface area contributed by atoms with Gasteiger partial charge in [-0.2, -0.15) is 0 Å². The number of anilines is 1. The van der Waals surface area contributed by atoms with Crippen molar-refractivity contribution in [1.29, 1.82) is 0 Å². The molecular formula is C27H37N3O6S. The fourth-order valence-electron chi connectivity index (χ4n) is 4.18. The van der Waals surface area contributed by atoms with Gasteiger partial charge in [-0.25, -0.2) is 8.42 Å². The Morgan fingerprint density at radius 2 is 1.70 bits per heavy atom. The Balaban J connectivity index is 1.99. The second-order valence-electron chi connectivity index (χ2n) is 9.27. The Kier molecular flexibility index (Phi) is 9.42. The summed E-state index contributed by atoms with van der Waals surface area (Å²) in [4.78, 5) is 28.5. The first-order valence-corrected chi connectivity index (χ1v) is 14.2. The Labute approximate surface area is 219 Å². The van der Waals surface area contributed by atoms with Crippen molar-refractivity contribution >= 4 is 27.5 Å². The summed E-state index contributed by atoms with van der Waals surface area (Å²) in [5.41, 5.74) is 2.16. The number of sulfonamides is 1. The molecular weight excluding hydrogens is 494 g/mol. The van der Waals surface area contributed by atoms with Gasteiger partial charge in [-0.3, -0.25) is 13.9 Å². The number of hydrogen-bond donors (Lipinski definition) is 1. The molecule has 0 bridgehead atoms. The van der Waals surface area contributed by atoms with E-state index >= 15 is 0 Å². The summed E-state index contributed by atoms with van der Waals surface area (Å²) in [6.07, 6.45) is 0.376. The van der Waals surface area contributed by atoms with Gasteiger partial charge < -0.3 is 19.7 Å². The third-order valence-electron chi connectivity index (χ3n) is 6.21. The molecule has 1 heterocycles. The van der Waals surface area contributed by atoms with E-state index in [0.717, 1.165) is 15.4 Å². The lowest BCUT2D eigenvalue weighted by atomic mass is 10.1. The lowest BCUT2D eigenvalue weighted by Gasteiger charge is -2.34. The number of benzene rings is 2. The van der Waals surface area contributed by atoms with Crippen LogP contribution in [0.3, 0.4) is 0 Å². The van der Waals surface area contributed by atoms with Crippen LogP contribution in [0.4, 0.5) is 5.69 Å². The van der Waals surface area contributed by atoms with Crippen LogP contribution in [0.15, 0.2) is 42.5 Å². The van der Waals surface area contributed by atoms with Crippen LogP contribution in [0.2, 0.25) is 0 Å². The zero-order valence-electron chi connectivity index (χ0n) is 22.2. The monoisotopic (exact) mass is 531 g/mol. The molecule has 10 heteroatoms. The number of aryl methyl sites for hydroxylation is 1. The first-order valence-electron chi connectivity index (χ1n) is 12.6. The van der Waals surface area contributed by atoms with E-state index in [-0.39, 0.29) is 24.2 Å². The third kappa shape index (κ3) is 6.94. The average Bonchev–Trinajstić information content (AvgIpc) is 2.87. The van der Waals surface area contributed by atoms with Gasteiger partial charge in [-0.15, -0.1) is 0 Å². The average molecular weight is 532 g/mol. The normalized spacial score (nSPS) is 13.7. The SMILES string of the molecule is CC[C@H](C(=O)NC(C)C)N(Cc1ccccc1C)C(=O)CN(c1ccc2c(c1)OCCO2)S(=O)(=O)CC. The van der Waals surface area contributed by atoms with Crippen LogP contribution in [0, 0.1) is 6.92 Å². The van der Waals surface area contributed by atoms with E-state index in [1.807, 2.05) is 52.0 Å². The van der Waals surface area contributed by atoms with Crippen LogP contribution in [0.1, 0.15) is 45.2 Å². The zero-order valence-corrected chi connectivity index (χ0v) is 23.0. The van der Waals surface area contributed by atoms with E-state index in [4.69, 9.17) is 9.47 Å². The highest BCUT2D eigenvalue weighted by molar-refractivity contribution is 7.92. The quantitative estimate of drug-likeness (QED) is 0.477. The second-order valence-corrected chi connectivity index (χ2v) is 11.5. The van der Waals surface area contributed by atoms with Crippen molar-refractivity contribution < 1.29 is 27.5 Å². The molecule has 202 valence electrons. The largest absolute Gasteiger partial charge is 0.486 e. The molecule has 2 aromatic carbocycles. The van der Waals surface area contributed by atoms with Gasteiger partial charge in [-0.1, -0.05) is 31.2 Å². The molecule has 1 aliphatic heterocycles. The molecule has 0 saturated carbocycles. The third-order valence-corrected chi connectivity index (χ3v) is 7.95. The van der Waals surface area contributed by atoms with Crippen molar-refractivity contribution in [3.8, 4) is 11.5 Å². The maximum Gasteiger partial charge on any atom is 0.244 e. The number of carbonyl (C=O) groups excluding carboxylic acids is 2. The van der Waals surface area contributed by atoms with Crippen LogP contribution in [-0.2, 0) is 26.2 Å². The van der Waals surface area contributed by atoms with Gasteiger partial charge in [0, 0.05) is 18.7 Å². The molecule has 0 saturated heterocycles. The molecule has 0 aromatic heterocycles. The molecule has 0 fully saturated rings. The van der Waals surface area contributed by atoms with Crippen molar-refractivity contribution in [1.82, 2.24) is 10.2 Å². The molecule has 1 aliphatic rings. The maximum atomic E-state index is 13.9. The number of fused-ring (bicyclic) bond motifs is 1. The Morgan fingerprint density at radius 3 is 2.32 bits per heavy atom. The summed E-state index contributed by atoms with van der Waals surface area (Å²) < 4.78 is 38.6. The Hall–Kier alpha value is -3.27. The number of carbonyl (C=O) groups is 2. The van der Waals surface area contributed by atoms with Crippen molar-refractivity contribution in [2.75, 3.05) is 29.8 Å². The fourth-order valence-corrected chi connectivity index (χ4v) is 5.23. The highest BCUT2D eigenvalue weighted by atomic mass is 32.2. The first-order chi connectivity index (χ1) is 17.6. The highest BCUT2D eigenvalue weighted by Crippen LogP contribution is 2.35. The van der Waals surface area contributed by atoms with E-state index in [0.29, 0.717) is 36.8 Å². The molecule has 0 radical (unpaired) electrons. The number of rotatable bonds is 11. The summed E-state index contributed by atoms with van der Waals surface area (Å²) in [6, 6.07) is 11.6. The van der Waals surface area contributed by atoms with Crippen LogP contribution in [0.5, 0.6) is 11.5 Å². The van der Waals surface area contributed by atoms with E-state index in [1.165, 1.54) is 11.8 Å². The van der Waals surface area contributed by atoms with Crippen molar-refractivity contribution in [2.45, 2.75) is 59.7 Å². The van der Waals surface area contributed by atoms with Crippen molar-refractivity contribution in [3.05, 3.63) is 53.6 Å². The minimum absolute atomic E-state index is 0.105. The summed E-state index contributed by atoms with van der Waals surface area (Å²) in [5.74, 6) is 0.00161. The minimum Gasteiger partial charge on any atom is -0.486 e. The lowest BCUT2D eigenvalue weighted by molar-refractivity contribution is -0.140. The zero-order chi connectivity index (χ0) is 27.2. The minimum atomic E-state index is -3.83. The van der Waals surface area contributed by atoms with E-state index in [1.54, 1.807) is 18.2 Å². The number of amides is 2. The molecule has 0 unspecified atom stereocenters. The number of nitrogens with zero attached hydrogens (tertiary/aromatic N) is 2. The van der Waals surface area contributed by atoms with Gasteiger partial charge in [0.05, 0.1) is 11.4 Å². The van der Waals surface area contributed by atoms with Gasteiger partial charge in [0.25, 0.3) is 0 Å². The molecule has 9 nitrogen and oxygen atoms in total. The predicted molar refractivity (Wildman–Crippen MR) is 143 cm³/mol. The van der Waals surface area contributed by atoms with Crippen LogP contribution in [0.25, 0.3) is 0 Å². The van der Waals surface area contributed by atoms with Gasteiger partial charge in [0.2, 0.25) is 21.8 Å². The molecule has 2 amide bonds. The Morgan fingerprint density at radius 1 is 1.03 bits per heavy atom. The van der Waals surface area contributed by atoms with Crippen LogP contribution < -0.4 is 19.1 Å². The van der Waals surface area contributed by atoms with Crippen LogP contribution in [-0.4, -0.2) is 62.7 Å². The molecule has 0 aliphatic carbocycles. The summed E-state index contributed by atoms with van der Waals surface area (Å²) in [5, 5.41) is 2.89. The first kappa shape index (κ1) is 28.3. The van der Waals surface area contributed by atoms with E-state index < -0.39 is 28.5 Å². The molecule has 1 atom stereocenters. The van der Waals surface area contributed by atoms with Crippen LogP contribution >= 0.6 is 0 Å². The number of ether oxygens (including phenoxy) is 2. The van der Waals surface area contributed by atoms with Gasteiger partial charge in [0.15, 0.2) is 11.5 Å². The van der Waals surface area contributed by atoms with E-state index in [2.05, 4.69) is 5.32 Å².